The van der Waals surface area contributed by atoms with Gasteiger partial charge in [0.15, 0.2) is 0 Å². The Bertz CT molecular complexity index is 418. The molecule has 0 bridgehead atoms. The summed E-state index contributed by atoms with van der Waals surface area (Å²) < 4.78 is 27.7. The third-order valence-electron chi connectivity index (χ3n) is 3.52. The second kappa shape index (κ2) is 6.08. The summed E-state index contributed by atoms with van der Waals surface area (Å²) in [5.41, 5.74) is -1.04. The topological polar surface area (TPSA) is 40.5 Å². The van der Waals surface area contributed by atoms with Crippen LogP contribution in [0.15, 0.2) is 16.6 Å². The van der Waals surface area contributed by atoms with Gasteiger partial charge >= 0.3 is 0 Å². The minimum Gasteiger partial charge on any atom is -0.396 e. The molecule has 1 aromatic carbocycles. The number of hydrogen-bond acceptors (Lipinski definition) is 2. The second-order valence-corrected chi connectivity index (χ2v) is 5.69. The number of benzene rings is 1. The van der Waals surface area contributed by atoms with E-state index in [0.29, 0.717) is 0 Å². The quantitative estimate of drug-likeness (QED) is 0.818. The molecule has 1 aromatic rings. The van der Waals surface area contributed by atoms with Crippen molar-refractivity contribution in [1.29, 1.82) is 0 Å². The average Bonchev–Trinajstić information content (AvgIpc) is 2.35. The Balaban J connectivity index is 3.20. The molecule has 0 heterocycles. The first-order valence-electron chi connectivity index (χ1n) is 5.72. The van der Waals surface area contributed by atoms with Crippen molar-refractivity contribution in [3.8, 4) is 0 Å². The molecule has 18 heavy (non-hydrogen) atoms. The average molecular weight is 323 g/mol. The van der Waals surface area contributed by atoms with Gasteiger partial charge in [-0.1, -0.05) is 13.8 Å². The van der Waals surface area contributed by atoms with Crippen molar-refractivity contribution in [2.75, 3.05) is 13.2 Å². The van der Waals surface area contributed by atoms with Crippen molar-refractivity contribution in [3.63, 3.8) is 0 Å². The third-order valence-corrected chi connectivity index (χ3v) is 4.13. The molecule has 0 aliphatic heterocycles. The molecule has 2 nitrogen and oxygen atoms in total. The summed E-state index contributed by atoms with van der Waals surface area (Å²) in [4.78, 5) is 0. The summed E-state index contributed by atoms with van der Waals surface area (Å²) in [7, 11) is 0. The van der Waals surface area contributed by atoms with Crippen LogP contribution in [-0.4, -0.2) is 23.4 Å². The van der Waals surface area contributed by atoms with Crippen molar-refractivity contribution < 1.29 is 19.0 Å². The predicted molar refractivity (Wildman–Crippen MR) is 69.2 cm³/mol. The molecule has 0 aliphatic rings. The van der Waals surface area contributed by atoms with Gasteiger partial charge in [-0.05, 0) is 40.4 Å². The van der Waals surface area contributed by atoms with Crippen molar-refractivity contribution in [1.82, 2.24) is 0 Å². The van der Waals surface area contributed by atoms with Gasteiger partial charge in [0.1, 0.15) is 11.6 Å². The van der Waals surface area contributed by atoms with E-state index in [0.717, 1.165) is 0 Å². The maximum absolute atomic E-state index is 13.9. The van der Waals surface area contributed by atoms with E-state index in [9.17, 15) is 19.0 Å². The van der Waals surface area contributed by atoms with Gasteiger partial charge < -0.3 is 10.2 Å². The number of rotatable bonds is 5. The van der Waals surface area contributed by atoms with Crippen molar-refractivity contribution in [2.45, 2.75) is 20.3 Å². The molecule has 0 unspecified atom stereocenters. The van der Waals surface area contributed by atoms with E-state index in [1.165, 1.54) is 12.1 Å². The predicted octanol–water partition coefficient (Wildman–Crippen LogP) is 2.90. The number of aliphatic hydroxyl groups is 2. The van der Waals surface area contributed by atoms with E-state index in [2.05, 4.69) is 15.9 Å². The fourth-order valence-electron chi connectivity index (χ4n) is 1.81. The van der Waals surface area contributed by atoms with Crippen LogP contribution >= 0.6 is 15.9 Å². The van der Waals surface area contributed by atoms with Crippen LogP contribution in [0.2, 0.25) is 0 Å². The SMILES string of the molecule is CC(C)C(CO)(CO)Cc1c(F)ccc(Br)c1F. The van der Waals surface area contributed by atoms with Crippen LogP contribution in [-0.2, 0) is 6.42 Å². The molecule has 2 N–H and O–H groups in total. The van der Waals surface area contributed by atoms with Gasteiger partial charge in [0.25, 0.3) is 0 Å². The standard InChI is InChI=1S/C13H17BrF2O2/c1-8(2)13(6-17,7-18)5-9-11(15)4-3-10(14)12(9)16/h3-4,8,17-18H,5-7H2,1-2H3. The van der Waals surface area contributed by atoms with Crippen LogP contribution in [0.3, 0.4) is 0 Å². The maximum atomic E-state index is 13.9. The Morgan fingerprint density at radius 2 is 1.78 bits per heavy atom. The van der Waals surface area contributed by atoms with E-state index in [1.807, 2.05) is 0 Å². The van der Waals surface area contributed by atoms with E-state index >= 15 is 0 Å². The minimum atomic E-state index is -0.928. The fraction of sp³-hybridized carbons (Fsp3) is 0.538. The van der Waals surface area contributed by atoms with E-state index in [4.69, 9.17) is 0 Å². The number of hydrogen-bond donors (Lipinski definition) is 2. The molecule has 0 amide bonds. The Hall–Kier alpha value is -0.520. The molecule has 0 radical (unpaired) electrons. The third kappa shape index (κ3) is 2.90. The molecular formula is C13H17BrF2O2. The van der Waals surface area contributed by atoms with Crippen LogP contribution in [0.25, 0.3) is 0 Å². The largest absolute Gasteiger partial charge is 0.396 e. The van der Waals surface area contributed by atoms with Crippen molar-refractivity contribution in [3.05, 3.63) is 33.8 Å². The minimum absolute atomic E-state index is 0.0469. The Morgan fingerprint density at radius 1 is 1.22 bits per heavy atom. The lowest BCUT2D eigenvalue weighted by Gasteiger charge is -2.34. The molecule has 0 aromatic heterocycles. The first-order chi connectivity index (χ1) is 8.38. The molecular weight excluding hydrogens is 306 g/mol. The molecule has 102 valence electrons. The monoisotopic (exact) mass is 322 g/mol. The summed E-state index contributed by atoms with van der Waals surface area (Å²) in [6.07, 6.45) is -0.0469. The van der Waals surface area contributed by atoms with E-state index < -0.39 is 17.0 Å². The lowest BCUT2D eigenvalue weighted by atomic mass is 9.74. The smallest absolute Gasteiger partial charge is 0.143 e. The van der Waals surface area contributed by atoms with Crippen molar-refractivity contribution in [2.24, 2.45) is 11.3 Å². The van der Waals surface area contributed by atoms with Crippen LogP contribution in [0, 0.1) is 23.0 Å². The number of halogens is 3. The van der Waals surface area contributed by atoms with E-state index in [-0.39, 0.29) is 35.6 Å². The molecule has 0 spiro atoms. The van der Waals surface area contributed by atoms with Gasteiger partial charge in [-0.3, -0.25) is 0 Å². The summed E-state index contributed by atoms with van der Waals surface area (Å²) in [5.74, 6) is -1.45. The van der Waals surface area contributed by atoms with Gasteiger partial charge in [-0.15, -0.1) is 0 Å². The van der Waals surface area contributed by atoms with Crippen LogP contribution in [0.5, 0.6) is 0 Å². The van der Waals surface area contributed by atoms with Gasteiger partial charge in [0.2, 0.25) is 0 Å². The van der Waals surface area contributed by atoms with Crippen molar-refractivity contribution >= 4 is 15.9 Å². The molecule has 0 saturated heterocycles. The zero-order valence-corrected chi connectivity index (χ0v) is 12.0. The summed E-state index contributed by atoms with van der Waals surface area (Å²) in [5, 5.41) is 18.9. The Kier molecular flexibility index (Phi) is 5.25. The zero-order valence-electron chi connectivity index (χ0n) is 10.4. The fourth-order valence-corrected chi connectivity index (χ4v) is 2.19. The highest BCUT2D eigenvalue weighted by molar-refractivity contribution is 9.10. The highest BCUT2D eigenvalue weighted by Gasteiger charge is 2.35. The van der Waals surface area contributed by atoms with Gasteiger partial charge in [0, 0.05) is 11.0 Å². The first-order valence-corrected chi connectivity index (χ1v) is 6.51. The van der Waals surface area contributed by atoms with Crippen LogP contribution < -0.4 is 0 Å². The second-order valence-electron chi connectivity index (χ2n) is 4.83. The maximum Gasteiger partial charge on any atom is 0.143 e. The first kappa shape index (κ1) is 15.5. The van der Waals surface area contributed by atoms with Crippen LogP contribution in [0.4, 0.5) is 8.78 Å². The lowest BCUT2D eigenvalue weighted by Crippen LogP contribution is -2.38. The summed E-state index contributed by atoms with van der Waals surface area (Å²) in [6, 6.07) is 2.46. The normalized spacial score (nSPS) is 12.2. The van der Waals surface area contributed by atoms with Gasteiger partial charge in [-0.25, -0.2) is 8.78 Å². The molecule has 0 atom stereocenters. The zero-order chi connectivity index (χ0) is 13.9. The number of aliphatic hydroxyl groups excluding tert-OH is 2. The molecule has 0 saturated carbocycles. The highest BCUT2D eigenvalue weighted by atomic mass is 79.9. The van der Waals surface area contributed by atoms with Gasteiger partial charge in [0.05, 0.1) is 17.7 Å². The summed E-state index contributed by atoms with van der Waals surface area (Å²) in [6.45, 7) is 2.96. The Morgan fingerprint density at radius 3 is 2.22 bits per heavy atom. The van der Waals surface area contributed by atoms with Crippen LogP contribution in [0.1, 0.15) is 19.4 Å². The lowest BCUT2D eigenvalue weighted by molar-refractivity contribution is 0.0150. The molecule has 5 heteroatoms. The highest BCUT2D eigenvalue weighted by Crippen LogP contribution is 2.34. The van der Waals surface area contributed by atoms with Gasteiger partial charge in [-0.2, -0.15) is 0 Å². The molecule has 0 aliphatic carbocycles. The van der Waals surface area contributed by atoms with E-state index in [1.54, 1.807) is 13.8 Å². The summed E-state index contributed by atoms with van der Waals surface area (Å²) >= 11 is 3.00. The Labute approximate surface area is 114 Å². The molecule has 1 rings (SSSR count). The molecule has 0 fully saturated rings.